The molecule has 0 aliphatic carbocycles. The zero-order valence-electron chi connectivity index (χ0n) is 8.78. The third kappa shape index (κ3) is 2.45. The van der Waals surface area contributed by atoms with E-state index in [2.05, 4.69) is 0 Å². The van der Waals surface area contributed by atoms with E-state index in [4.69, 9.17) is 0 Å². The van der Waals surface area contributed by atoms with Crippen molar-refractivity contribution >= 4 is 11.9 Å². The quantitative estimate of drug-likeness (QED) is 0.654. The Morgan fingerprint density at radius 1 is 1.43 bits per heavy atom. The van der Waals surface area contributed by atoms with Crippen LogP contribution in [0.15, 0.2) is 0 Å². The molecule has 1 rings (SSSR count). The molecule has 5 heteroatoms. The van der Waals surface area contributed by atoms with Crippen LogP contribution in [0, 0.1) is 0 Å². The van der Waals surface area contributed by atoms with Gasteiger partial charge >= 0.3 is 6.03 Å². The third-order valence-corrected chi connectivity index (χ3v) is 2.18. The summed E-state index contributed by atoms with van der Waals surface area (Å²) in [4.78, 5) is 25.2. The molecule has 0 radical (unpaired) electrons. The van der Waals surface area contributed by atoms with E-state index in [1.165, 1.54) is 9.80 Å². The maximum atomic E-state index is 11.4. The molecule has 1 fully saturated rings. The number of likely N-dealkylation sites (N-methyl/N-ethyl adjacent to an activating group) is 1. The minimum absolute atomic E-state index is 0.144. The van der Waals surface area contributed by atoms with E-state index in [1.807, 2.05) is 0 Å². The fraction of sp³-hybridized carbons (Fsp3) is 0.778. The van der Waals surface area contributed by atoms with Gasteiger partial charge in [0.2, 0.25) is 5.91 Å². The number of hydrogen-bond donors (Lipinski definition) is 1. The summed E-state index contributed by atoms with van der Waals surface area (Å²) >= 11 is 0. The molecule has 1 aliphatic heterocycles. The highest BCUT2D eigenvalue weighted by atomic mass is 16.3. The number of urea groups is 1. The monoisotopic (exact) mass is 200 g/mol. The summed E-state index contributed by atoms with van der Waals surface area (Å²) in [6.45, 7) is 3.74. The van der Waals surface area contributed by atoms with Crippen molar-refractivity contribution in [2.45, 2.75) is 25.9 Å². The number of rotatable bonds is 3. The van der Waals surface area contributed by atoms with E-state index in [-0.39, 0.29) is 25.0 Å². The summed E-state index contributed by atoms with van der Waals surface area (Å²) in [5, 5.41) is 9.45. The van der Waals surface area contributed by atoms with Gasteiger partial charge in [0.25, 0.3) is 0 Å². The van der Waals surface area contributed by atoms with E-state index >= 15 is 0 Å². The molecule has 0 aromatic carbocycles. The summed E-state index contributed by atoms with van der Waals surface area (Å²) in [6, 6.07) is -0.278. The van der Waals surface area contributed by atoms with Crippen molar-refractivity contribution in [3.63, 3.8) is 0 Å². The lowest BCUT2D eigenvalue weighted by atomic mass is 10.1. The first-order valence-corrected chi connectivity index (χ1v) is 4.59. The molecule has 1 heterocycles. The molecular formula is C9H16N2O3. The molecule has 0 aromatic heterocycles. The van der Waals surface area contributed by atoms with Gasteiger partial charge in [-0.25, -0.2) is 4.79 Å². The van der Waals surface area contributed by atoms with Crippen LogP contribution in [0.25, 0.3) is 0 Å². The molecule has 0 unspecified atom stereocenters. The molecule has 14 heavy (non-hydrogen) atoms. The summed E-state index contributed by atoms with van der Waals surface area (Å²) in [5.41, 5.74) is -0.846. The number of imide groups is 1. The molecule has 80 valence electrons. The van der Waals surface area contributed by atoms with Crippen molar-refractivity contribution in [2.75, 3.05) is 20.1 Å². The van der Waals surface area contributed by atoms with Gasteiger partial charge in [0.05, 0.1) is 5.60 Å². The second-order valence-electron chi connectivity index (χ2n) is 4.25. The molecule has 5 nitrogen and oxygen atoms in total. The van der Waals surface area contributed by atoms with E-state index < -0.39 is 5.60 Å². The lowest BCUT2D eigenvalue weighted by Crippen LogP contribution is -2.36. The summed E-state index contributed by atoms with van der Waals surface area (Å²) in [6.07, 6.45) is 0.401. The van der Waals surface area contributed by atoms with Crippen molar-refractivity contribution in [3.8, 4) is 0 Å². The van der Waals surface area contributed by atoms with Crippen LogP contribution in [0.5, 0.6) is 0 Å². The topological polar surface area (TPSA) is 60.9 Å². The zero-order chi connectivity index (χ0) is 10.9. The van der Waals surface area contributed by atoms with E-state index in [0.29, 0.717) is 6.42 Å². The first kappa shape index (κ1) is 11.0. The van der Waals surface area contributed by atoms with Gasteiger partial charge < -0.3 is 10.0 Å². The van der Waals surface area contributed by atoms with Crippen LogP contribution in [-0.4, -0.2) is 52.6 Å². The first-order valence-electron chi connectivity index (χ1n) is 4.59. The highest BCUT2D eigenvalue weighted by molar-refractivity contribution is 6.01. The van der Waals surface area contributed by atoms with Crippen LogP contribution >= 0.6 is 0 Å². The van der Waals surface area contributed by atoms with Crippen LogP contribution in [0.3, 0.4) is 0 Å². The molecule has 0 bridgehead atoms. The van der Waals surface area contributed by atoms with Crippen molar-refractivity contribution in [1.82, 2.24) is 9.80 Å². The van der Waals surface area contributed by atoms with Crippen molar-refractivity contribution < 1.29 is 14.7 Å². The summed E-state index contributed by atoms with van der Waals surface area (Å²) in [5.74, 6) is -0.193. The number of amides is 3. The minimum atomic E-state index is -0.846. The van der Waals surface area contributed by atoms with Gasteiger partial charge in [-0.05, 0) is 20.3 Å². The molecule has 1 N–H and O–H groups in total. The van der Waals surface area contributed by atoms with Gasteiger partial charge in [-0.3, -0.25) is 9.69 Å². The SMILES string of the molecule is CN1CC(=O)N(CCC(C)(C)O)C1=O. The number of hydrogen-bond acceptors (Lipinski definition) is 3. The zero-order valence-corrected chi connectivity index (χ0v) is 8.78. The largest absolute Gasteiger partial charge is 0.390 e. The Bertz CT molecular complexity index is 257. The lowest BCUT2D eigenvalue weighted by Gasteiger charge is -2.20. The molecule has 0 aromatic rings. The summed E-state index contributed by atoms with van der Waals surface area (Å²) < 4.78 is 0. The van der Waals surface area contributed by atoms with Crippen LogP contribution in [-0.2, 0) is 4.79 Å². The Labute approximate surface area is 83.3 Å². The number of aliphatic hydroxyl groups is 1. The van der Waals surface area contributed by atoms with E-state index in [1.54, 1.807) is 20.9 Å². The molecular weight excluding hydrogens is 184 g/mol. The Morgan fingerprint density at radius 2 is 2.00 bits per heavy atom. The van der Waals surface area contributed by atoms with Gasteiger partial charge in [-0.15, -0.1) is 0 Å². The van der Waals surface area contributed by atoms with Crippen molar-refractivity contribution in [2.24, 2.45) is 0 Å². The second kappa shape index (κ2) is 3.57. The van der Waals surface area contributed by atoms with E-state index in [9.17, 15) is 14.7 Å². The van der Waals surface area contributed by atoms with Gasteiger partial charge in [0, 0.05) is 13.6 Å². The number of carbonyl (C=O) groups is 2. The Kier molecular flexibility index (Phi) is 2.80. The fourth-order valence-electron chi connectivity index (χ4n) is 1.27. The molecule has 1 aliphatic rings. The van der Waals surface area contributed by atoms with Crippen molar-refractivity contribution in [1.29, 1.82) is 0 Å². The average molecular weight is 200 g/mol. The Balaban J connectivity index is 2.53. The number of carbonyl (C=O) groups excluding carboxylic acids is 2. The van der Waals surface area contributed by atoms with Crippen LogP contribution in [0.2, 0.25) is 0 Å². The van der Waals surface area contributed by atoms with Gasteiger partial charge in [0.15, 0.2) is 0 Å². The standard InChI is InChI=1S/C9H16N2O3/c1-9(2,14)4-5-11-7(12)6-10(3)8(11)13/h14H,4-6H2,1-3H3. The maximum Gasteiger partial charge on any atom is 0.326 e. The van der Waals surface area contributed by atoms with E-state index in [0.717, 1.165) is 0 Å². The molecule has 0 saturated carbocycles. The lowest BCUT2D eigenvalue weighted by molar-refractivity contribution is -0.125. The normalized spacial score (nSPS) is 18.3. The van der Waals surface area contributed by atoms with Gasteiger partial charge in [-0.1, -0.05) is 0 Å². The second-order valence-corrected chi connectivity index (χ2v) is 4.25. The Morgan fingerprint density at radius 3 is 2.36 bits per heavy atom. The number of nitrogens with zero attached hydrogens (tertiary/aromatic N) is 2. The van der Waals surface area contributed by atoms with Gasteiger partial charge in [-0.2, -0.15) is 0 Å². The Hall–Kier alpha value is -1.10. The maximum absolute atomic E-state index is 11.4. The molecule has 3 amide bonds. The predicted molar refractivity (Wildman–Crippen MR) is 50.7 cm³/mol. The third-order valence-electron chi connectivity index (χ3n) is 2.18. The average Bonchev–Trinajstić information content (AvgIpc) is 2.23. The fourth-order valence-corrected chi connectivity index (χ4v) is 1.27. The first-order chi connectivity index (χ1) is 6.31. The minimum Gasteiger partial charge on any atom is -0.390 e. The highest BCUT2D eigenvalue weighted by Crippen LogP contribution is 2.13. The molecule has 0 atom stereocenters. The van der Waals surface area contributed by atoms with Crippen molar-refractivity contribution in [3.05, 3.63) is 0 Å². The highest BCUT2D eigenvalue weighted by Gasteiger charge is 2.33. The molecule has 0 spiro atoms. The predicted octanol–water partition coefficient (Wildman–Crippen LogP) is 0.0414. The van der Waals surface area contributed by atoms with Crippen LogP contribution < -0.4 is 0 Å². The molecule has 1 saturated heterocycles. The van der Waals surface area contributed by atoms with Crippen LogP contribution in [0.4, 0.5) is 4.79 Å². The van der Waals surface area contributed by atoms with Crippen LogP contribution in [0.1, 0.15) is 20.3 Å². The smallest absolute Gasteiger partial charge is 0.326 e. The van der Waals surface area contributed by atoms with Gasteiger partial charge in [0.1, 0.15) is 6.54 Å². The summed E-state index contributed by atoms with van der Waals surface area (Å²) in [7, 11) is 1.59.